The van der Waals surface area contributed by atoms with Gasteiger partial charge in [0, 0.05) is 6.07 Å². The van der Waals surface area contributed by atoms with Gasteiger partial charge < -0.3 is 9.62 Å². The highest BCUT2D eigenvalue weighted by Crippen LogP contribution is 2.20. The van der Waals surface area contributed by atoms with Crippen LogP contribution in [0.4, 0.5) is 0 Å². The summed E-state index contributed by atoms with van der Waals surface area (Å²) in [5, 5.41) is 11.4. The van der Waals surface area contributed by atoms with Gasteiger partial charge >= 0.3 is 0 Å². The number of nitrogens with zero attached hydrogens (tertiary/aromatic N) is 1. The lowest BCUT2D eigenvalue weighted by atomic mass is 10.4. The second kappa shape index (κ2) is 2.13. The van der Waals surface area contributed by atoms with Crippen molar-refractivity contribution in [1.29, 1.82) is 0 Å². The summed E-state index contributed by atoms with van der Waals surface area (Å²) in [4.78, 5) is 0. The lowest BCUT2D eigenvalue weighted by molar-refractivity contribution is -0.577. The standard InChI is InChI=1S/C7H4ClNO2/c8-5-1-3-9(10)6-2-4-11-7(5)6/h1-4H. The van der Waals surface area contributed by atoms with Gasteiger partial charge in [0.05, 0.1) is 17.4 Å². The van der Waals surface area contributed by atoms with Crippen LogP contribution in [0.25, 0.3) is 11.1 Å². The largest absolute Gasteiger partial charge is 0.618 e. The molecule has 0 saturated heterocycles. The van der Waals surface area contributed by atoms with Gasteiger partial charge in [-0.25, -0.2) is 0 Å². The second-order valence-corrected chi connectivity index (χ2v) is 2.53. The van der Waals surface area contributed by atoms with E-state index in [0.717, 1.165) is 0 Å². The lowest BCUT2D eigenvalue weighted by Crippen LogP contribution is -2.25. The van der Waals surface area contributed by atoms with Gasteiger partial charge in [-0.05, 0) is 0 Å². The molecule has 0 bridgehead atoms. The first-order valence-electron chi connectivity index (χ1n) is 3.04. The van der Waals surface area contributed by atoms with Gasteiger partial charge in [-0.2, -0.15) is 4.73 Å². The van der Waals surface area contributed by atoms with Crippen molar-refractivity contribution in [2.75, 3.05) is 0 Å². The third kappa shape index (κ3) is 0.851. The predicted octanol–water partition coefficient (Wildman–Crippen LogP) is 1.72. The molecular formula is C7H4ClNO2. The summed E-state index contributed by atoms with van der Waals surface area (Å²) in [6.07, 6.45) is 2.78. The van der Waals surface area contributed by atoms with E-state index < -0.39 is 0 Å². The molecule has 0 aromatic carbocycles. The van der Waals surface area contributed by atoms with Gasteiger partial charge in [0.1, 0.15) is 0 Å². The first-order chi connectivity index (χ1) is 5.29. The zero-order chi connectivity index (χ0) is 7.84. The minimum absolute atomic E-state index is 0.434. The summed E-state index contributed by atoms with van der Waals surface area (Å²) < 4.78 is 5.69. The maximum absolute atomic E-state index is 11.0. The Morgan fingerprint density at radius 3 is 3.00 bits per heavy atom. The third-order valence-electron chi connectivity index (χ3n) is 1.46. The monoisotopic (exact) mass is 169 g/mol. The third-order valence-corrected chi connectivity index (χ3v) is 1.75. The molecule has 0 saturated carbocycles. The molecule has 2 heterocycles. The number of rotatable bonds is 0. The summed E-state index contributed by atoms with van der Waals surface area (Å²) >= 11 is 5.72. The summed E-state index contributed by atoms with van der Waals surface area (Å²) in [5.41, 5.74) is 0.890. The maximum atomic E-state index is 11.0. The molecule has 2 aromatic rings. The van der Waals surface area contributed by atoms with E-state index in [-0.39, 0.29) is 0 Å². The van der Waals surface area contributed by atoms with Crippen molar-refractivity contribution >= 4 is 22.7 Å². The average Bonchev–Trinajstić information content (AvgIpc) is 2.45. The average molecular weight is 170 g/mol. The van der Waals surface area contributed by atoms with Crippen LogP contribution in [0, 0.1) is 5.21 Å². The minimum atomic E-state index is 0.434. The summed E-state index contributed by atoms with van der Waals surface area (Å²) in [5.74, 6) is 0. The summed E-state index contributed by atoms with van der Waals surface area (Å²) in [6, 6.07) is 3.08. The number of hydrogen-bond acceptors (Lipinski definition) is 2. The Morgan fingerprint density at radius 2 is 2.27 bits per heavy atom. The highest BCUT2D eigenvalue weighted by Gasteiger charge is 2.09. The number of hydrogen-bond donors (Lipinski definition) is 0. The van der Waals surface area contributed by atoms with Gasteiger partial charge in [-0.1, -0.05) is 11.6 Å². The van der Waals surface area contributed by atoms with Crippen molar-refractivity contribution in [3.05, 3.63) is 34.8 Å². The molecule has 56 valence electrons. The zero-order valence-electron chi connectivity index (χ0n) is 5.45. The molecule has 0 aliphatic rings. The topological polar surface area (TPSA) is 40.1 Å². The first kappa shape index (κ1) is 6.49. The van der Waals surface area contributed by atoms with Crippen LogP contribution in [0.15, 0.2) is 29.0 Å². The molecule has 0 unspecified atom stereocenters. The van der Waals surface area contributed by atoms with Gasteiger partial charge in [-0.15, -0.1) is 0 Å². The molecule has 0 spiro atoms. The van der Waals surface area contributed by atoms with Crippen LogP contribution in [-0.4, -0.2) is 0 Å². The SMILES string of the molecule is [O-][n+]1ccc(Cl)c2occc21. The van der Waals surface area contributed by atoms with Crippen molar-refractivity contribution < 1.29 is 9.15 Å². The Labute approximate surface area is 67.4 Å². The molecule has 11 heavy (non-hydrogen) atoms. The Kier molecular flexibility index (Phi) is 1.26. The molecule has 4 heteroatoms. The normalized spacial score (nSPS) is 10.6. The molecular weight excluding hydrogens is 166 g/mol. The minimum Gasteiger partial charge on any atom is -0.618 e. The van der Waals surface area contributed by atoms with E-state index in [4.69, 9.17) is 16.0 Å². The summed E-state index contributed by atoms with van der Waals surface area (Å²) in [7, 11) is 0. The van der Waals surface area contributed by atoms with E-state index in [9.17, 15) is 5.21 Å². The Hall–Kier alpha value is -1.22. The van der Waals surface area contributed by atoms with E-state index >= 15 is 0 Å². The molecule has 0 atom stereocenters. The van der Waals surface area contributed by atoms with Crippen LogP contribution in [-0.2, 0) is 0 Å². The number of furan rings is 1. The quantitative estimate of drug-likeness (QED) is 0.445. The van der Waals surface area contributed by atoms with E-state index in [1.807, 2.05) is 0 Å². The number of aromatic nitrogens is 1. The van der Waals surface area contributed by atoms with Crippen molar-refractivity contribution in [3.8, 4) is 0 Å². The predicted molar refractivity (Wildman–Crippen MR) is 40.2 cm³/mol. The van der Waals surface area contributed by atoms with Crippen LogP contribution in [0.3, 0.4) is 0 Å². The second-order valence-electron chi connectivity index (χ2n) is 2.12. The van der Waals surface area contributed by atoms with Gasteiger partial charge in [0.25, 0.3) is 5.52 Å². The number of fused-ring (bicyclic) bond motifs is 1. The van der Waals surface area contributed by atoms with E-state index in [0.29, 0.717) is 20.9 Å². The van der Waals surface area contributed by atoms with Gasteiger partial charge in [-0.3, -0.25) is 0 Å². The smallest absolute Gasteiger partial charge is 0.264 e. The maximum Gasteiger partial charge on any atom is 0.264 e. The van der Waals surface area contributed by atoms with Crippen molar-refractivity contribution in [1.82, 2.24) is 0 Å². The molecule has 0 aliphatic heterocycles. The van der Waals surface area contributed by atoms with Crippen LogP contribution in [0.2, 0.25) is 5.02 Å². The fourth-order valence-electron chi connectivity index (χ4n) is 0.944. The number of pyridine rings is 1. The fourth-order valence-corrected chi connectivity index (χ4v) is 1.14. The van der Waals surface area contributed by atoms with E-state index in [1.165, 1.54) is 18.5 Å². The highest BCUT2D eigenvalue weighted by atomic mass is 35.5. The zero-order valence-corrected chi connectivity index (χ0v) is 6.21. The van der Waals surface area contributed by atoms with Crippen LogP contribution < -0.4 is 4.73 Å². The summed E-state index contributed by atoms with van der Waals surface area (Å²) in [6.45, 7) is 0. The lowest BCUT2D eigenvalue weighted by Gasteiger charge is -1.95. The molecule has 0 amide bonds. The van der Waals surface area contributed by atoms with Crippen LogP contribution in [0.5, 0.6) is 0 Å². The van der Waals surface area contributed by atoms with Crippen molar-refractivity contribution in [3.63, 3.8) is 0 Å². The molecule has 0 aliphatic carbocycles. The Balaban J connectivity index is 2.96. The molecule has 0 fully saturated rings. The number of halogens is 1. The van der Waals surface area contributed by atoms with Crippen LogP contribution >= 0.6 is 11.6 Å². The van der Waals surface area contributed by atoms with Gasteiger partial charge in [0.2, 0.25) is 5.58 Å². The molecule has 3 nitrogen and oxygen atoms in total. The fraction of sp³-hybridized carbons (Fsp3) is 0. The van der Waals surface area contributed by atoms with Crippen LogP contribution in [0.1, 0.15) is 0 Å². The van der Waals surface area contributed by atoms with E-state index in [1.54, 1.807) is 6.07 Å². The highest BCUT2D eigenvalue weighted by molar-refractivity contribution is 6.34. The Morgan fingerprint density at radius 1 is 1.45 bits per heavy atom. The molecule has 0 radical (unpaired) electrons. The molecule has 0 N–H and O–H groups in total. The Bertz CT molecular complexity index is 360. The van der Waals surface area contributed by atoms with Crippen molar-refractivity contribution in [2.24, 2.45) is 0 Å². The molecule has 2 aromatic heterocycles. The molecule has 2 rings (SSSR count). The van der Waals surface area contributed by atoms with Gasteiger partial charge in [0.15, 0.2) is 6.20 Å². The first-order valence-corrected chi connectivity index (χ1v) is 3.42. The van der Waals surface area contributed by atoms with E-state index in [2.05, 4.69) is 0 Å². The van der Waals surface area contributed by atoms with Crippen molar-refractivity contribution in [2.45, 2.75) is 0 Å².